The molecule has 2 N–H and O–H groups in total. The van der Waals surface area contributed by atoms with E-state index in [9.17, 15) is 0 Å². The number of rotatable bonds is 7. The van der Waals surface area contributed by atoms with Gasteiger partial charge >= 0.3 is 0 Å². The summed E-state index contributed by atoms with van der Waals surface area (Å²) in [6.07, 6.45) is 10.6. The molecule has 0 aliphatic heterocycles. The molecule has 19 heavy (non-hydrogen) atoms. The van der Waals surface area contributed by atoms with E-state index in [0.717, 1.165) is 25.1 Å². The van der Waals surface area contributed by atoms with Crippen molar-refractivity contribution in [3.63, 3.8) is 0 Å². The van der Waals surface area contributed by atoms with Gasteiger partial charge in [0.1, 0.15) is 0 Å². The Kier molecular flexibility index (Phi) is 5.86. The number of hydrogen-bond acceptors (Lipinski definition) is 3. The Morgan fingerprint density at radius 1 is 1.42 bits per heavy atom. The van der Waals surface area contributed by atoms with Crippen molar-refractivity contribution >= 4 is 0 Å². The van der Waals surface area contributed by atoms with E-state index in [1.165, 1.54) is 32.1 Å². The van der Waals surface area contributed by atoms with E-state index in [-0.39, 0.29) is 6.04 Å². The van der Waals surface area contributed by atoms with E-state index in [2.05, 4.69) is 29.0 Å². The van der Waals surface area contributed by atoms with Gasteiger partial charge in [-0.15, -0.1) is 0 Å². The van der Waals surface area contributed by atoms with Gasteiger partial charge in [0.25, 0.3) is 0 Å². The van der Waals surface area contributed by atoms with Crippen molar-refractivity contribution in [2.24, 2.45) is 5.73 Å². The second kappa shape index (κ2) is 7.65. The standard InChI is InChI=1S/C15H27N3O/c1-2-10-19-12-13(16)11-14-8-9-18(17-14)15-6-4-3-5-7-15/h8-9,13,15H,2-7,10-12,16H2,1H3. The summed E-state index contributed by atoms with van der Waals surface area (Å²) < 4.78 is 7.63. The van der Waals surface area contributed by atoms with Crippen molar-refractivity contribution in [1.29, 1.82) is 0 Å². The molecule has 1 atom stereocenters. The minimum Gasteiger partial charge on any atom is -0.380 e. The summed E-state index contributed by atoms with van der Waals surface area (Å²) in [5, 5.41) is 4.68. The van der Waals surface area contributed by atoms with Crippen LogP contribution in [-0.4, -0.2) is 29.0 Å². The number of ether oxygens (including phenoxy) is 1. The number of aromatic nitrogens is 2. The Bertz CT molecular complexity index is 358. The molecule has 4 heteroatoms. The molecule has 2 rings (SSSR count). The summed E-state index contributed by atoms with van der Waals surface area (Å²) in [5.74, 6) is 0. The van der Waals surface area contributed by atoms with E-state index in [1.807, 2.05) is 0 Å². The summed E-state index contributed by atoms with van der Waals surface area (Å²) in [4.78, 5) is 0. The quantitative estimate of drug-likeness (QED) is 0.771. The third kappa shape index (κ3) is 4.62. The molecule has 1 fully saturated rings. The first-order valence-corrected chi connectivity index (χ1v) is 7.67. The summed E-state index contributed by atoms with van der Waals surface area (Å²) in [6, 6.07) is 2.77. The van der Waals surface area contributed by atoms with Gasteiger partial charge in [0.2, 0.25) is 0 Å². The normalized spacial score (nSPS) is 18.6. The van der Waals surface area contributed by atoms with Crippen molar-refractivity contribution in [2.45, 2.75) is 64.0 Å². The van der Waals surface area contributed by atoms with Crippen LogP contribution in [0.4, 0.5) is 0 Å². The van der Waals surface area contributed by atoms with E-state index in [1.54, 1.807) is 0 Å². The van der Waals surface area contributed by atoms with Crippen LogP contribution in [0.5, 0.6) is 0 Å². The molecule has 0 spiro atoms. The molecular formula is C15H27N3O. The maximum Gasteiger partial charge on any atom is 0.0641 e. The third-order valence-corrected chi connectivity index (χ3v) is 3.76. The second-order valence-corrected chi connectivity index (χ2v) is 5.62. The van der Waals surface area contributed by atoms with Gasteiger partial charge in [-0.2, -0.15) is 5.10 Å². The summed E-state index contributed by atoms with van der Waals surface area (Å²) in [5.41, 5.74) is 7.16. The molecule has 1 saturated carbocycles. The van der Waals surface area contributed by atoms with Gasteiger partial charge in [0, 0.05) is 25.3 Å². The zero-order valence-electron chi connectivity index (χ0n) is 12.1. The van der Waals surface area contributed by atoms with Crippen LogP contribution in [-0.2, 0) is 11.2 Å². The van der Waals surface area contributed by atoms with Gasteiger partial charge < -0.3 is 10.5 Å². The molecule has 108 valence electrons. The summed E-state index contributed by atoms with van der Waals surface area (Å²) in [6.45, 7) is 3.53. The predicted octanol–water partition coefficient (Wildman–Crippen LogP) is 2.68. The Morgan fingerprint density at radius 3 is 2.95 bits per heavy atom. The second-order valence-electron chi connectivity index (χ2n) is 5.62. The highest BCUT2D eigenvalue weighted by Crippen LogP contribution is 2.27. The minimum atomic E-state index is 0.0567. The maximum atomic E-state index is 6.06. The van der Waals surface area contributed by atoms with Gasteiger partial charge in [0.15, 0.2) is 0 Å². The Balaban J connectivity index is 1.79. The van der Waals surface area contributed by atoms with Crippen molar-refractivity contribution in [2.75, 3.05) is 13.2 Å². The lowest BCUT2D eigenvalue weighted by atomic mass is 9.96. The lowest BCUT2D eigenvalue weighted by Gasteiger charge is -2.21. The predicted molar refractivity (Wildman–Crippen MR) is 77.1 cm³/mol. The minimum absolute atomic E-state index is 0.0567. The van der Waals surface area contributed by atoms with E-state index in [0.29, 0.717) is 12.6 Å². The fourth-order valence-corrected chi connectivity index (χ4v) is 2.74. The van der Waals surface area contributed by atoms with Crippen molar-refractivity contribution in [3.8, 4) is 0 Å². The molecule has 4 nitrogen and oxygen atoms in total. The average molecular weight is 265 g/mol. The number of nitrogens with two attached hydrogens (primary N) is 1. The van der Waals surface area contributed by atoms with Crippen LogP contribution in [0.25, 0.3) is 0 Å². The van der Waals surface area contributed by atoms with Crippen molar-refractivity contribution < 1.29 is 4.74 Å². The summed E-state index contributed by atoms with van der Waals surface area (Å²) in [7, 11) is 0. The Labute approximate surface area is 116 Å². The van der Waals surface area contributed by atoms with Gasteiger partial charge in [-0.1, -0.05) is 26.2 Å². The molecular weight excluding hydrogens is 238 g/mol. The molecule has 0 bridgehead atoms. The van der Waals surface area contributed by atoms with Gasteiger partial charge in [-0.3, -0.25) is 4.68 Å². The molecule has 1 aliphatic rings. The first-order chi connectivity index (χ1) is 9.29. The van der Waals surface area contributed by atoms with Crippen molar-refractivity contribution in [3.05, 3.63) is 18.0 Å². The first kappa shape index (κ1) is 14.5. The van der Waals surface area contributed by atoms with Crippen LogP contribution < -0.4 is 5.73 Å². The fraction of sp³-hybridized carbons (Fsp3) is 0.800. The van der Waals surface area contributed by atoms with Crippen LogP contribution in [0.3, 0.4) is 0 Å². The van der Waals surface area contributed by atoms with Crippen LogP contribution in [0.2, 0.25) is 0 Å². The molecule has 0 radical (unpaired) electrons. The van der Waals surface area contributed by atoms with Gasteiger partial charge in [0.05, 0.1) is 18.3 Å². The van der Waals surface area contributed by atoms with Gasteiger partial charge in [-0.05, 0) is 25.3 Å². The lowest BCUT2D eigenvalue weighted by molar-refractivity contribution is 0.121. The maximum absolute atomic E-state index is 6.06. The van der Waals surface area contributed by atoms with E-state index < -0.39 is 0 Å². The van der Waals surface area contributed by atoms with Crippen LogP contribution in [0.1, 0.15) is 57.2 Å². The zero-order chi connectivity index (χ0) is 13.5. The molecule has 1 aromatic rings. The van der Waals surface area contributed by atoms with E-state index in [4.69, 9.17) is 10.5 Å². The largest absolute Gasteiger partial charge is 0.380 e. The van der Waals surface area contributed by atoms with Crippen LogP contribution in [0, 0.1) is 0 Å². The van der Waals surface area contributed by atoms with Crippen molar-refractivity contribution in [1.82, 2.24) is 9.78 Å². The van der Waals surface area contributed by atoms with Gasteiger partial charge in [-0.25, -0.2) is 0 Å². The Morgan fingerprint density at radius 2 is 2.21 bits per heavy atom. The zero-order valence-corrected chi connectivity index (χ0v) is 12.1. The average Bonchev–Trinajstić information content (AvgIpc) is 2.88. The molecule has 0 amide bonds. The van der Waals surface area contributed by atoms with Crippen LogP contribution >= 0.6 is 0 Å². The highest BCUT2D eigenvalue weighted by atomic mass is 16.5. The molecule has 1 aliphatic carbocycles. The molecule has 1 heterocycles. The van der Waals surface area contributed by atoms with E-state index >= 15 is 0 Å². The monoisotopic (exact) mass is 265 g/mol. The highest BCUT2D eigenvalue weighted by molar-refractivity contribution is 5.02. The summed E-state index contributed by atoms with van der Waals surface area (Å²) >= 11 is 0. The fourth-order valence-electron chi connectivity index (χ4n) is 2.74. The number of hydrogen-bond donors (Lipinski definition) is 1. The highest BCUT2D eigenvalue weighted by Gasteiger charge is 2.16. The smallest absolute Gasteiger partial charge is 0.0641 e. The molecule has 0 aromatic carbocycles. The lowest BCUT2D eigenvalue weighted by Crippen LogP contribution is -2.29. The first-order valence-electron chi connectivity index (χ1n) is 7.67. The molecule has 0 saturated heterocycles. The molecule has 1 aromatic heterocycles. The third-order valence-electron chi connectivity index (χ3n) is 3.76. The topological polar surface area (TPSA) is 53.1 Å². The Hall–Kier alpha value is -0.870. The number of nitrogens with zero attached hydrogens (tertiary/aromatic N) is 2. The molecule has 1 unspecified atom stereocenters. The SMILES string of the molecule is CCCOCC(N)Cc1ccn(C2CCCCC2)n1. The van der Waals surface area contributed by atoms with Crippen LogP contribution in [0.15, 0.2) is 12.3 Å².